The monoisotopic (exact) mass is 920 g/mol. The molecule has 2 N–H and O–H groups in total. The van der Waals surface area contributed by atoms with E-state index in [1.807, 2.05) is 68.4 Å². The summed E-state index contributed by atoms with van der Waals surface area (Å²) >= 11 is 26.0. The molecule has 5 rings (SSSR count). The zero-order chi connectivity index (χ0) is 45.9. The Morgan fingerprint density at radius 1 is 0.774 bits per heavy atom. The highest BCUT2D eigenvalue weighted by Gasteiger charge is 2.73. The summed E-state index contributed by atoms with van der Waals surface area (Å²) < 4.78 is 12.6. The summed E-state index contributed by atoms with van der Waals surface area (Å²) in [5.41, 5.74) is 1.26. The lowest BCUT2D eigenvalue weighted by Gasteiger charge is -2.65. The van der Waals surface area contributed by atoms with Crippen molar-refractivity contribution in [1.82, 2.24) is 0 Å². The van der Waals surface area contributed by atoms with E-state index >= 15 is 9.59 Å². The van der Waals surface area contributed by atoms with Gasteiger partial charge in [-0.05, 0) is 140 Å². The van der Waals surface area contributed by atoms with Gasteiger partial charge in [0.1, 0.15) is 24.5 Å². The van der Waals surface area contributed by atoms with E-state index in [4.69, 9.17) is 55.9 Å². The topological polar surface area (TPSA) is 93.1 Å². The number of ketones is 2. The highest BCUT2D eigenvalue weighted by molar-refractivity contribution is 6.36. The summed E-state index contributed by atoms with van der Waals surface area (Å²) in [6.07, 6.45) is 6.88. The largest absolute Gasteiger partial charge is 0.506 e. The minimum Gasteiger partial charge on any atom is -0.506 e. The molecule has 2 bridgehead atoms. The van der Waals surface area contributed by atoms with Gasteiger partial charge in [-0.25, -0.2) is 0 Å². The van der Waals surface area contributed by atoms with Gasteiger partial charge in [-0.2, -0.15) is 0 Å². The van der Waals surface area contributed by atoms with Crippen LogP contribution in [0.2, 0.25) is 20.1 Å². The molecule has 0 aliphatic heterocycles. The Morgan fingerprint density at radius 2 is 1.29 bits per heavy atom. The minimum absolute atomic E-state index is 0.0159. The third kappa shape index (κ3) is 9.81. The van der Waals surface area contributed by atoms with Gasteiger partial charge in [0.25, 0.3) is 0 Å². The molecule has 3 aromatic rings. The zero-order valence-electron chi connectivity index (χ0n) is 37.4. The fraction of sp³-hybridized carbons (Fsp3) is 0.423. The highest BCUT2D eigenvalue weighted by atomic mass is 35.5. The Bertz CT molecular complexity index is 2300. The van der Waals surface area contributed by atoms with Gasteiger partial charge in [0.05, 0.1) is 16.9 Å². The molecule has 62 heavy (non-hydrogen) atoms. The van der Waals surface area contributed by atoms with Crippen molar-refractivity contribution in [3.8, 4) is 11.5 Å². The van der Waals surface area contributed by atoms with Gasteiger partial charge in [-0.3, -0.25) is 9.59 Å². The number of Topliss-reactive ketones (excluding diaryl/α,β-unsaturated/α-hetero) is 2. The number of rotatable bonds is 16. The Kier molecular flexibility index (Phi) is 15.8. The molecule has 0 radical (unpaired) electrons. The molecule has 3 aromatic carbocycles. The highest BCUT2D eigenvalue weighted by Crippen LogP contribution is 2.68. The number of benzene rings is 3. The molecule has 5 atom stereocenters. The average molecular weight is 923 g/mol. The van der Waals surface area contributed by atoms with Crippen molar-refractivity contribution in [2.45, 2.75) is 114 Å². The summed E-state index contributed by atoms with van der Waals surface area (Å²) in [6, 6.07) is 15.0. The molecule has 5 unspecified atom stereocenters. The molecule has 0 aromatic heterocycles. The van der Waals surface area contributed by atoms with Gasteiger partial charge >= 0.3 is 0 Å². The first-order valence-corrected chi connectivity index (χ1v) is 22.6. The predicted molar refractivity (Wildman–Crippen MR) is 255 cm³/mol. The zero-order valence-corrected chi connectivity index (χ0v) is 40.4. The quantitative estimate of drug-likeness (QED) is 0.0643. The molecule has 0 spiro atoms. The standard InChI is InChI=1S/C52H60Cl4O6/c1-30(2)17-19-35(33(7)8)26-51-27-36(21-18-31(3)4)50(9,10)52(49(51)60,24-23-32(5)6)48(59)45(47(51)58)46(57)34-20-22-43(61-28-37-39(53)13-11-14-40(37)54)44(25-34)62-29-38-41(55)15-12-16-42(38)56/h11-18,20,22-23,25,35-36,49,57,60H,7,19,21,24,26-29H2,1-6,8-10H3. The van der Waals surface area contributed by atoms with E-state index in [0.29, 0.717) is 50.5 Å². The van der Waals surface area contributed by atoms with Crippen LogP contribution in [0.5, 0.6) is 11.5 Å². The summed E-state index contributed by atoms with van der Waals surface area (Å²) in [5, 5.41) is 27.2. The summed E-state index contributed by atoms with van der Waals surface area (Å²) in [5.74, 6) is -1.56. The number of carbonyl (C=O) groups excluding carboxylic acids is 2. The predicted octanol–water partition coefficient (Wildman–Crippen LogP) is 14.9. The van der Waals surface area contributed by atoms with Crippen LogP contribution in [-0.4, -0.2) is 27.9 Å². The maximum atomic E-state index is 15.7. The fourth-order valence-corrected chi connectivity index (χ4v) is 10.3. The van der Waals surface area contributed by atoms with Crippen LogP contribution in [0.3, 0.4) is 0 Å². The Balaban J connectivity index is 1.75. The van der Waals surface area contributed by atoms with Crippen LogP contribution in [0, 0.1) is 28.1 Å². The Labute approximate surface area is 388 Å². The fourth-order valence-electron chi connectivity index (χ4n) is 9.24. The summed E-state index contributed by atoms with van der Waals surface area (Å²) in [6.45, 7) is 22.3. The average Bonchev–Trinajstić information content (AvgIpc) is 3.19. The van der Waals surface area contributed by atoms with Crippen molar-refractivity contribution < 1.29 is 29.3 Å². The number of allylic oxidation sites excluding steroid dienone is 8. The van der Waals surface area contributed by atoms with Crippen molar-refractivity contribution in [3.63, 3.8) is 0 Å². The smallest absolute Gasteiger partial charge is 0.179 e. The van der Waals surface area contributed by atoms with Crippen molar-refractivity contribution in [2.75, 3.05) is 0 Å². The maximum absolute atomic E-state index is 15.7. The maximum Gasteiger partial charge on any atom is 0.179 e. The van der Waals surface area contributed by atoms with Crippen molar-refractivity contribution in [2.24, 2.45) is 28.1 Å². The molecule has 332 valence electrons. The Morgan fingerprint density at radius 3 is 1.79 bits per heavy atom. The third-order valence-electron chi connectivity index (χ3n) is 13.2. The lowest BCUT2D eigenvalue weighted by atomic mass is 9.37. The van der Waals surface area contributed by atoms with Gasteiger partial charge in [-0.1, -0.05) is 119 Å². The van der Waals surface area contributed by atoms with E-state index in [-0.39, 0.29) is 60.5 Å². The van der Waals surface area contributed by atoms with Crippen LogP contribution < -0.4 is 9.47 Å². The molecular formula is C52H60Cl4O6. The van der Waals surface area contributed by atoms with E-state index in [2.05, 4.69) is 18.7 Å². The lowest BCUT2D eigenvalue weighted by Crippen LogP contribution is -2.71. The van der Waals surface area contributed by atoms with Crippen molar-refractivity contribution in [1.29, 1.82) is 0 Å². The van der Waals surface area contributed by atoms with Crippen LogP contribution in [0.15, 0.2) is 107 Å². The summed E-state index contributed by atoms with van der Waals surface area (Å²) in [4.78, 5) is 31.3. The first kappa shape index (κ1) is 49.2. The Hall–Kier alpha value is -3.78. The second-order valence-electron chi connectivity index (χ2n) is 18.4. The number of hydrogen-bond acceptors (Lipinski definition) is 6. The number of aliphatic hydroxyl groups is 2. The van der Waals surface area contributed by atoms with E-state index in [1.54, 1.807) is 48.5 Å². The normalized spacial score (nSPS) is 22.9. The lowest BCUT2D eigenvalue weighted by molar-refractivity contribution is -0.208. The van der Waals surface area contributed by atoms with Crippen LogP contribution in [0.1, 0.15) is 111 Å². The van der Waals surface area contributed by atoms with Gasteiger partial charge in [-0.15, -0.1) is 0 Å². The first-order chi connectivity index (χ1) is 29.1. The van der Waals surface area contributed by atoms with Gasteiger partial charge in [0.2, 0.25) is 0 Å². The van der Waals surface area contributed by atoms with E-state index < -0.39 is 39.7 Å². The number of hydrogen-bond donors (Lipinski definition) is 2. The molecule has 0 heterocycles. The van der Waals surface area contributed by atoms with Crippen LogP contribution >= 0.6 is 46.4 Å². The molecule has 0 saturated heterocycles. The molecule has 2 aliphatic rings. The minimum atomic E-state index is -1.48. The number of halogens is 4. The second-order valence-corrected chi connectivity index (χ2v) is 20.1. The number of aliphatic hydroxyl groups excluding tert-OH is 2. The van der Waals surface area contributed by atoms with Crippen LogP contribution in [0.4, 0.5) is 0 Å². The molecule has 10 heteroatoms. The third-order valence-corrected chi connectivity index (χ3v) is 14.6. The number of ether oxygens (including phenoxy) is 2. The van der Waals surface area contributed by atoms with E-state index in [9.17, 15) is 10.2 Å². The molecule has 6 nitrogen and oxygen atoms in total. The molecule has 2 saturated carbocycles. The first-order valence-electron chi connectivity index (χ1n) is 21.1. The van der Waals surface area contributed by atoms with Gasteiger partial charge < -0.3 is 19.7 Å². The van der Waals surface area contributed by atoms with E-state index in [0.717, 1.165) is 22.3 Å². The molecular weight excluding hydrogens is 862 g/mol. The molecule has 2 aliphatic carbocycles. The summed E-state index contributed by atoms with van der Waals surface area (Å²) in [7, 11) is 0. The molecule has 0 amide bonds. The number of fused-ring (bicyclic) bond motifs is 2. The van der Waals surface area contributed by atoms with Crippen molar-refractivity contribution in [3.05, 3.63) is 144 Å². The molecule has 2 fully saturated rings. The number of carbonyl (C=O) groups is 2. The van der Waals surface area contributed by atoms with Crippen molar-refractivity contribution >= 4 is 63.7 Å². The van der Waals surface area contributed by atoms with E-state index in [1.165, 1.54) is 6.07 Å². The second kappa shape index (κ2) is 19.9. The van der Waals surface area contributed by atoms with Gasteiger partial charge in [0, 0.05) is 36.8 Å². The SMILES string of the molecule is C=C(C)C(CC=C(C)C)CC12CC(CC=C(C)C)C(C)(C)C(CC=C(C)C)(C(=O)C(=C(O)c3ccc(OCc4c(Cl)cccc4Cl)c(OCc4c(Cl)cccc4Cl)c3)C1=O)C2O. The van der Waals surface area contributed by atoms with Gasteiger partial charge in [0.15, 0.2) is 23.1 Å². The van der Waals surface area contributed by atoms with Crippen LogP contribution in [0.25, 0.3) is 5.76 Å². The van der Waals surface area contributed by atoms with Crippen LogP contribution in [-0.2, 0) is 22.8 Å².